The second-order valence-corrected chi connectivity index (χ2v) is 5.18. The van der Waals surface area contributed by atoms with Gasteiger partial charge in [-0.25, -0.2) is 0 Å². The van der Waals surface area contributed by atoms with Gasteiger partial charge >= 0.3 is 0 Å². The topological polar surface area (TPSA) is 38.0 Å². The van der Waals surface area contributed by atoms with E-state index in [0.29, 0.717) is 0 Å². The van der Waals surface area contributed by atoms with Gasteiger partial charge in [-0.05, 0) is 56.8 Å². The summed E-state index contributed by atoms with van der Waals surface area (Å²) in [4.78, 5) is 0. The van der Waals surface area contributed by atoms with Crippen molar-refractivity contribution >= 4 is 5.69 Å². The Hall–Kier alpha value is -1.02. The smallest absolute Gasteiger partial charge is 0.0346 e. The summed E-state index contributed by atoms with van der Waals surface area (Å²) < 4.78 is 0. The standard InChI is InChI=1S/C9H13N.C7H15N/c1-3-8-6-7(2)4-5-9(8)10;1-2-7-4-3-5-8-6-7/h4-6H,3,10H2,1-2H3;7-8H,2-6H2,1H3. The van der Waals surface area contributed by atoms with Gasteiger partial charge in [0, 0.05) is 5.69 Å². The second-order valence-electron chi connectivity index (χ2n) is 5.18. The molecule has 0 aliphatic carbocycles. The van der Waals surface area contributed by atoms with Gasteiger partial charge in [-0.2, -0.15) is 0 Å². The Bertz CT molecular complexity index is 341. The van der Waals surface area contributed by atoms with Crippen molar-refractivity contribution in [1.29, 1.82) is 0 Å². The van der Waals surface area contributed by atoms with E-state index in [1.807, 2.05) is 12.1 Å². The van der Waals surface area contributed by atoms with E-state index in [1.165, 1.54) is 43.5 Å². The average molecular weight is 248 g/mol. The molecule has 1 aromatic carbocycles. The molecule has 1 aliphatic rings. The van der Waals surface area contributed by atoms with Crippen molar-refractivity contribution in [3.63, 3.8) is 0 Å². The minimum atomic E-state index is 0.910. The van der Waals surface area contributed by atoms with Crippen LogP contribution in [0.3, 0.4) is 0 Å². The number of aryl methyl sites for hydroxylation is 2. The maximum absolute atomic E-state index is 5.70. The first-order valence-corrected chi connectivity index (χ1v) is 7.23. The third-order valence-electron chi connectivity index (χ3n) is 3.66. The van der Waals surface area contributed by atoms with Crippen molar-refractivity contribution in [3.8, 4) is 0 Å². The van der Waals surface area contributed by atoms with Crippen LogP contribution in [0.25, 0.3) is 0 Å². The van der Waals surface area contributed by atoms with Gasteiger partial charge in [0.05, 0.1) is 0 Å². The molecule has 3 N–H and O–H groups in total. The number of hydrogen-bond acceptors (Lipinski definition) is 2. The Labute approximate surface area is 112 Å². The highest BCUT2D eigenvalue weighted by atomic mass is 14.9. The Kier molecular flexibility index (Phi) is 6.81. The van der Waals surface area contributed by atoms with Crippen molar-refractivity contribution < 1.29 is 0 Å². The fourth-order valence-corrected chi connectivity index (χ4v) is 2.31. The molecule has 0 amide bonds. The molecule has 18 heavy (non-hydrogen) atoms. The summed E-state index contributed by atoms with van der Waals surface area (Å²) in [6, 6.07) is 6.14. The predicted molar refractivity (Wildman–Crippen MR) is 80.9 cm³/mol. The van der Waals surface area contributed by atoms with Crippen LogP contribution in [-0.4, -0.2) is 13.1 Å². The highest BCUT2D eigenvalue weighted by Crippen LogP contribution is 2.13. The molecular weight excluding hydrogens is 220 g/mol. The third kappa shape index (κ3) is 5.09. The second kappa shape index (κ2) is 8.15. The normalized spacial score (nSPS) is 18.9. The fourth-order valence-electron chi connectivity index (χ4n) is 2.31. The summed E-state index contributed by atoms with van der Waals surface area (Å²) in [5.74, 6) is 0.976. The van der Waals surface area contributed by atoms with E-state index in [1.54, 1.807) is 0 Å². The van der Waals surface area contributed by atoms with E-state index < -0.39 is 0 Å². The zero-order valence-corrected chi connectivity index (χ0v) is 12.1. The predicted octanol–water partition coefficient (Wildman–Crippen LogP) is 3.54. The Morgan fingerprint density at radius 1 is 1.33 bits per heavy atom. The molecular formula is C16H28N2. The number of hydrogen-bond donors (Lipinski definition) is 2. The van der Waals surface area contributed by atoms with Crippen LogP contribution in [0.1, 0.15) is 44.2 Å². The van der Waals surface area contributed by atoms with Crippen molar-refractivity contribution in [1.82, 2.24) is 5.32 Å². The van der Waals surface area contributed by atoms with Crippen molar-refractivity contribution in [2.75, 3.05) is 18.8 Å². The summed E-state index contributed by atoms with van der Waals surface area (Å²) in [7, 11) is 0. The first-order valence-electron chi connectivity index (χ1n) is 7.23. The Morgan fingerprint density at radius 3 is 2.56 bits per heavy atom. The van der Waals surface area contributed by atoms with E-state index in [4.69, 9.17) is 5.73 Å². The number of piperidine rings is 1. The van der Waals surface area contributed by atoms with Gasteiger partial charge in [0.15, 0.2) is 0 Å². The number of benzene rings is 1. The van der Waals surface area contributed by atoms with Crippen LogP contribution in [0.2, 0.25) is 0 Å². The SMILES string of the molecule is CCC1CCCNC1.CCc1cc(C)ccc1N. The molecule has 1 heterocycles. The third-order valence-corrected chi connectivity index (χ3v) is 3.66. The molecule has 102 valence electrons. The Morgan fingerprint density at radius 2 is 2.11 bits per heavy atom. The van der Waals surface area contributed by atoms with E-state index in [-0.39, 0.29) is 0 Å². The van der Waals surface area contributed by atoms with Crippen molar-refractivity contribution in [3.05, 3.63) is 29.3 Å². The summed E-state index contributed by atoms with van der Waals surface area (Å²) in [5, 5.41) is 3.39. The quantitative estimate of drug-likeness (QED) is 0.786. The molecule has 0 bridgehead atoms. The van der Waals surface area contributed by atoms with Gasteiger partial charge in [-0.1, -0.05) is 38.0 Å². The molecule has 2 heteroatoms. The molecule has 0 aromatic heterocycles. The lowest BCUT2D eigenvalue weighted by Crippen LogP contribution is -2.29. The molecule has 1 atom stereocenters. The highest BCUT2D eigenvalue weighted by molar-refractivity contribution is 5.48. The van der Waals surface area contributed by atoms with E-state index in [0.717, 1.165) is 18.0 Å². The molecule has 2 nitrogen and oxygen atoms in total. The van der Waals surface area contributed by atoms with Gasteiger partial charge in [0.1, 0.15) is 0 Å². The van der Waals surface area contributed by atoms with Gasteiger partial charge < -0.3 is 11.1 Å². The minimum Gasteiger partial charge on any atom is -0.399 e. The molecule has 1 fully saturated rings. The zero-order valence-electron chi connectivity index (χ0n) is 12.1. The molecule has 0 spiro atoms. The van der Waals surface area contributed by atoms with Gasteiger partial charge in [0.25, 0.3) is 0 Å². The summed E-state index contributed by atoms with van der Waals surface area (Å²) in [6.07, 6.45) is 5.21. The van der Waals surface area contributed by atoms with E-state index in [9.17, 15) is 0 Å². The Balaban J connectivity index is 0.000000184. The van der Waals surface area contributed by atoms with Crippen LogP contribution < -0.4 is 11.1 Å². The molecule has 0 radical (unpaired) electrons. The van der Waals surface area contributed by atoms with Crippen LogP contribution in [0.4, 0.5) is 5.69 Å². The number of rotatable bonds is 2. The molecule has 1 aromatic rings. The molecule has 1 unspecified atom stereocenters. The highest BCUT2D eigenvalue weighted by Gasteiger charge is 2.08. The van der Waals surface area contributed by atoms with Crippen molar-refractivity contribution in [2.24, 2.45) is 5.92 Å². The molecule has 0 saturated carbocycles. The van der Waals surface area contributed by atoms with E-state index >= 15 is 0 Å². The van der Waals surface area contributed by atoms with Gasteiger partial charge in [0.2, 0.25) is 0 Å². The average Bonchev–Trinajstić information content (AvgIpc) is 2.43. The van der Waals surface area contributed by atoms with Crippen molar-refractivity contribution in [2.45, 2.75) is 46.5 Å². The maximum atomic E-state index is 5.70. The van der Waals surface area contributed by atoms with Gasteiger partial charge in [-0.15, -0.1) is 0 Å². The van der Waals surface area contributed by atoms with Crippen LogP contribution in [-0.2, 0) is 6.42 Å². The van der Waals surface area contributed by atoms with Crippen LogP contribution in [0, 0.1) is 12.8 Å². The first kappa shape index (κ1) is 15.0. The number of nitrogens with two attached hydrogens (primary N) is 1. The number of nitrogens with one attached hydrogen (secondary N) is 1. The molecule has 1 saturated heterocycles. The monoisotopic (exact) mass is 248 g/mol. The molecule has 1 aliphatic heterocycles. The van der Waals surface area contributed by atoms with Crippen LogP contribution in [0.5, 0.6) is 0 Å². The fraction of sp³-hybridized carbons (Fsp3) is 0.625. The summed E-state index contributed by atoms with van der Waals surface area (Å²) in [5.41, 5.74) is 9.14. The van der Waals surface area contributed by atoms with Crippen LogP contribution in [0.15, 0.2) is 18.2 Å². The van der Waals surface area contributed by atoms with Crippen LogP contribution >= 0.6 is 0 Å². The lowest BCUT2D eigenvalue weighted by Gasteiger charge is -2.20. The number of anilines is 1. The summed E-state index contributed by atoms with van der Waals surface area (Å²) in [6.45, 7) is 8.98. The largest absolute Gasteiger partial charge is 0.399 e. The number of nitrogen functional groups attached to an aromatic ring is 1. The zero-order chi connectivity index (χ0) is 13.4. The van der Waals surface area contributed by atoms with Gasteiger partial charge in [-0.3, -0.25) is 0 Å². The minimum absolute atomic E-state index is 0.910. The summed E-state index contributed by atoms with van der Waals surface area (Å²) >= 11 is 0. The first-order chi connectivity index (χ1) is 8.67. The lowest BCUT2D eigenvalue weighted by molar-refractivity contribution is 0.369. The molecule has 2 rings (SSSR count). The van der Waals surface area contributed by atoms with E-state index in [2.05, 4.69) is 32.2 Å². The maximum Gasteiger partial charge on any atom is 0.0346 e. The lowest BCUT2D eigenvalue weighted by atomic mass is 9.97.